The van der Waals surface area contributed by atoms with E-state index in [0.717, 1.165) is 26.1 Å². The van der Waals surface area contributed by atoms with E-state index in [1.807, 2.05) is 11.0 Å². The third kappa shape index (κ3) is 4.21. The van der Waals surface area contributed by atoms with Crippen LogP contribution < -0.4 is 5.73 Å². The molecule has 2 fully saturated rings. The molecule has 2 aromatic rings. The highest BCUT2D eigenvalue weighted by molar-refractivity contribution is 6.06. The topological polar surface area (TPSA) is 92.4 Å². The quantitative estimate of drug-likeness (QED) is 0.790. The lowest BCUT2D eigenvalue weighted by molar-refractivity contribution is 0.0766. The molecule has 0 aliphatic carbocycles. The van der Waals surface area contributed by atoms with Crippen molar-refractivity contribution < 1.29 is 9.59 Å². The Morgan fingerprint density at radius 2 is 1.73 bits per heavy atom. The number of hydrogen-bond acceptors (Lipinski definition) is 5. The number of amides is 2. The Bertz CT molecular complexity index is 932. The first-order valence-electron chi connectivity index (χ1n) is 10.5. The molecular formula is C23H28N5O2. The van der Waals surface area contributed by atoms with Crippen molar-refractivity contribution in [2.24, 2.45) is 17.6 Å². The van der Waals surface area contributed by atoms with Crippen LogP contribution in [-0.4, -0.2) is 64.3 Å². The number of likely N-dealkylation sites (tertiary alicyclic amines) is 2. The molecule has 30 heavy (non-hydrogen) atoms. The maximum Gasteiger partial charge on any atom is 0.268 e. The van der Waals surface area contributed by atoms with Gasteiger partial charge in [0.2, 0.25) is 0 Å². The summed E-state index contributed by atoms with van der Waals surface area (Å²) in [6.45, 7) is 7.87. The second kappa shape index (κ2) is 8.52. The third-order valence-electron chi connectivity index (χ3n) is 6.12. The maximum atomic E-state index is 13.2. The van der Waals surface area contributed by atoms with Crippen LogP contribution in [0.25, 0.3) is 0 Å². The molecule has 7 heteroatoms. The van der Waals surface area contributed by atoms with Gasteiger partial charge in [-0.1, -0.05) is 30.3 Å². The Labute approximate surface area is 177 Å². The molecule has 1 radical (unpaired) electrons. The Kier molecular flexibility index (Phi) is 5.81. The molecule has 4 rings (SSSR count). The zero-order valence-electron chi connectivity index (χ0n) is 17.5. The first-order chi connectivity index (χ1) is 14.4. The van der Waals surface area contributed by atoms with E-state index in [2.05, 4.69) is 45.6 Å². The lowest BCUT2D eigenvalue weighted by atomic mass is 10.0. The van der Waals surface area contributed by atoms with Gasteiger partial charge in [0, 0.05) is 26.2 Å². The second-order valence-corrected chi connectivity index (χ2v) is 8.34. The van der Waals surface area contributed by atoms with Gasteiger partial charge in [0.1, 0.15) is 11.5 Å². The molecule has 2 saturated heterocycles. The zero-order valence-corrected chi connectivity index (χ0v) is 17.5. The van der Waals surface area contributed by atoms with Gasteiger partial charge in [0.25, 0.3) is 11.8 Å². The van der Waals surface area contributed by atoms with E-state index in [9.17, 15) is 9.59 Å². The van der Waals surface area contributed by atoms with Crippen LogP contribution in [0.3, 0.4) is 0 Å². The van der Waals surface area contributed by atoms with Gasteiger partial charge in [-0.2, -0.15) is 0 Å². The summed E-state index contributed by atoms with van der Waals surface area (Å²) >= 11 is 0. The Balaban J connectivity index is 1.34. The van der Waals surface area contributed by atoms with E-state index >= 15 is 0 Å². The van der Waals surface area contributed by atoms with Crippen LogP contribution >= 0.6 is 0 Å². The minimum atomic E-state index is -0.688. The lowest BCUT2D eigenvalue weighted by Crippen LogP contribution is -2.35. The SMILES string of the molecule is Cc1nc(C)c(C(=O)N2CC3CN(CC[CH]c4ccccc4)C[C@H]3C2)c(C(N)=O)n1. The first-order valence-corrected chi connectivity index (χ1v) is 10.5. The number of carbonyl (C=O) groups is 2. The number of aryl methyl sites for hydroxylation is 2. The molecule has 0 spiro atoms. The van der Waals surface area contributed by atoms with Crippen molar-refractivity contribution in [1.29, 1.82) is 0 Å². The van der Waals surface area contributed by atoms with Crippen molar-refractivity contribution >= 4 is 11.8 Å². The van der Waals surface area contributed by atoms with Crippen LogP contribution in [-0.2, 0) is 0 Å². The number of benzene rings is 1. The molecule has 2 amide bonds. The number of nitrogens with two attached hydrogens (primary N) is 1. The smallest absolute Gasteiger partial charge is 0.268 e. The number of hydrogen-bond donors (Lipinski definition) is 1. The Morgan fingerprint density at radius 3 is 2.37 bits per heavy atom. The molecule has 7 nitrogen and oxygen atoms in total. The molecule has 3 heterocycles. The van der Waals surface area contributed by atoms with Crippen molar-refractivity contribution in [1.82, 2.24) is 19.8 Å². The van der Waals surface area contributed by atoms with Gasteiger partial charge in [-0.05, 0) is 50.6 Å². The summed E-state index contributed by atoms with van der Waals surface area (Å²) < 4.78 is 0. The number of rotatable bonds is 6. The maximum absolute atomic E-state index is 13.2. The number of primary amides is 1. The summed E-state index contributed by atoms with van der Waals surface area (Å²) in [5.41, 5.74) is 7.53. The largest absolute Gasteiger partial charge is 0.364 e. The van der Waals surface area contributed by atoms with E-state index in [1.54, 1.807) is 13.8 Å². The molecule has 2 N–H and O–H groups in total. The van der Waals surface area contributed by atoms with Crippen molar-refractivity contribution in [3.63, 3.8) is 0 Å². The van der Waals surface area contributed by atoms with Gasteiger partial charge in [0.05, 0.1) is 11.3 Å². The van der Waals surface area contributed by atoms with Crippen LogP contribution in [0.1, 0.15) is 44.3 Å². The van der Waals surface area contributed by atoms with Crippen molar-refractivity contribution in [3.8, 4) is 0 Å². The fraction of sp³-hybridized carbons (Fsp3) is 0.435. The molecule has 2 aliphatic heterocycles. The molecule has 1 aromatic heterocycles. The van der Waals surface area contributed by atoms with E-state index in [1.165, 1.54) is 5.56 Å². The van der Waals surface area contributed by atoms with Crippen molar-refractivity contribution in [3.05, 3.63) is 65.1 Å². The Hall–Kier alpha value is -2.80. The summed E-state index contributed by atoms with van der Waals surface area (Å²) in [5.74, 6) is 0.509. The van der Waals surface area contributed by atoms with Crippen LogP contribution in [0, 0.1) is 32.1 Å². The standard InChI is InChI=1S/C23H28N5O2/c1-15-20(21(22(24)29)26-16(2)25-15)23(30)28-13-18-11-27(12-19(18)14-28)10-6-9-17-7-4-3-5-8-17/h3-5,7-9,18-19H,6,10-14H2,1-2H3,(H2,24,29)/t18-,19?/m0/s1. The highest BCUT2D eigenvalue weighted by Crippen LogP contribution is 2.32. The van der Waals surface area contributed by atoms with Crippen LogP contribution in [0.15, 0.2) is 30.3 Å². The van der Waals surface area contributed by atoms with E-state index in [0.29, 0.717) is 36.4 Å². The number of aromatic nitrogens is 2. The fourth-order valence-electron chi connectivity index (χ4n) is 4.75. The van der Waals surface area contributed by atoms with Crippen LogP contribution in [0.5, 0.6) is 0 Å². The normalized spacial score (nSPS) is 21.1. The zero-order chi connectivity index (χ0) is 21.3. The number of nitrogens with zero attached hydrogens (tertiary/aromatic N) is 4. The molecule has 1 aromatic carbocycles. The third-order valence-corrected chi connectivity index (χ3v) is 6.12. The molecule has 2 aliphatic rings. The second-order valence-electron chi connectivity index (χ2n) is 8.34. The average molecular weight is 407 g/mol. The average Bonchev–Trinajstić information content (AvgIpc) is 3.26. The first kappa shape index (κ1) is 20.5. The summed E-state index contributed by atoms with van der Waals surface area (Å²) in [6, 6.07) is 10.4. The van der Waals surface area contributed by atoms with Crippen LogP contribution in [0.4, 0.5) is 0 Å². The lowest BCUT2D eigenvalue weighted by Gasteiger charge is -2.22. The predicted octanol–water partition coefficient (Wildman–Crippen LogP) is 1.84. The molecule has 157 valence electrons. The number of fused-ring (bicyclic) bond motifs is 1. The molecule has 2 atom stereocenters. The van der Waals surface area contributed by atoms with E-state index < -0.39 is 5.91 Å². The van der Waals surface area contributed by atoms with Gasteiger partial charge in [0.15, 0.2) is 0 Å². The summed E-state index contributed by atoms with van der Waals surface area (Å²) in [7, 11) is 0. The van der Waals surface area contributed by atoms with Gasteiger partial charge >= 0.3 is 0 Å². The fourth-order valence-corrected chi connectivity index (χ4v) is 4.75. The highest BCUT2D eigenvalue weighted by atomic mass is 16.2. The van der Waals surface area contributed by atoms with Crippen molar-refractivity contribution in [2.45, 2.75) is 20.3 Å². The van der Waals surface area contributed by atoms with Gasteiger partial charge in [-0.3, -0.25) is 9.59 Å². The molecular weight excluding hydrogens is 378 g/mol. The van der Waals surface area contributed by atoms with Crippen LogP contribution in [0.2, 0.25) is 0 Å². The predicted molar refractivity (Wildman–Crippen MR) is 114 cm³/mol. The summed E-state index contributed by atoms with van der Waals surface area (Å²) in [4.78, 5) is 37.7. The van der Waals surface area contributed by atoms with E-state index in [-0.39, 0.29) is 17.2 Å². The summed E-state index contributed by atoms with van der Waals surface area (Å²) in [6.07, 6.45) is 3.30. The van der Waals surface area contributed by atoms with Gasteiger partial charge in [-0.15, -0.1) is 0 Å². The molecule has 0 saturated carbocycles. The van der Waals surface area contributed by atoms with E-state index in [4.69, 9.17) is 5.73 Å². The van der Waals surface area contributed by atoms with Gasteiger partial charge < -0.3 is 15.5 Å². The monoisotopic (exact) mass is 406 g/mol. The molecule has 0 bridgehead atoms. The summed E-state index contributed by atoms with van der Waals surface area (Å²) in [5, 5.41) is 0. The van der Waals surface area contributed by atoms with Gasteiger partial charge in [-0.25, -0.2) is 9.97 Å². The highest BCUT2D eigenvalue weighted by Gasteiger charge is 2.42. The Morgan fingerprint density at radius 1 is 1.07 bits per heavy atom. The van der Waals surface area contributed by atoms with Crippen molar-refractivity contribution in [2.75, 3.05) is 32.7 Å². The minimum Gasteiger partial charge on any atom is -0.364 e. The minimum absolute atomic E-state index is 0.0279. The molecule has 1 unspecified atom stereocenters. The number of carbonyl (C=O) groups excluding carboxylic acids is 2.